The summed E-state index contributed by atoms with van der Waals surface area (Å²) in [7, 11) is 0. The fraction of sp³-hybridized carbons (Fsp3) is 0.571. The van der Waals surface area contributed by atoms with Crippen molar-refractivity contribution in [2.24, 2.45) is 11.7 Å². The number of unbranched alkanes of at least 4 members (excludes halogenated alkanes) is 1. The second kappa shape index (κ2) is 5.74. The highest BCUT2D eigenvalue weighted by Crippen LogP contribution is 2.50. The molecule has 2 nitrogen and oxygen atoms in total. The molecule has 1 aromatic carbocycles. The fourth-order valence-electron chi connectivity index (χ4n) is 2.16. The number of hydrogen-bond donors (Lipinski definition) is 1. The Morgan fingerprint density at radius 3 is 2.94 bits per heavy atom. The van der Waals surface area contributed by atoms with Crippen LogP contribution in [0.2, 0.25) is 5.02 Å². The molecule has 2 N–H and O–H groups in total. The van der Waals surface area contributed by atoms with E-state index in [9.17, 15) is 0 Å². The largest absolute Gasteiger partial charge is 0.493 e. The van der Waals surface area contributed by atoms with E-state index < -0.39 is 0 Å². The van der Waals surface area contributed by atoms with Gasteiger partial charge in [-0.15, -0.1) is 0 Å². The van der Waals surface area contributed by atoms with Crippen molar-refractivity contribution in [2.75, 3.05) is 13.2 Å². The van der Waals surface area contributed by atoms with E-state index in [4.69, 9.17) is 22.1 Å². The Morgan fingerprint density at radius 1 is 1.47 bits per heavy atom. The van der Waals surface area contributed by atoms with Gasteiger partial charge in [0.25, 0.3) is 0 Å². The van der Waals surface area contributed by atoms with Crippen molar-refractivity contribution in [1.29, 1.82) is 0 Å². The lowest BCUT2D eigenvalue weighted by Gasteiger charge is -2.11. The van der Waals surface area contributed by atoms with Crippen LogP contribution in [0, 0.1) is 5.92 Å². The molecule has 0 aliphatic heterocycles. The first-order chi connectivity index (χ1) is 8.26. The molecule has 3 heteroatoms. The Labute approximate surface area is 108 Å². The van der Waals surface area contributed by atoms with Crippen LogP contribution in [0.5, 0.6) is 5.75 Å². The van der Waals surface area contributed by atoms with E-state index in [0.29, 0.717) is 11.8 Å². The standard InChI is InChI=1S/C14H20ClNO/c1-2-3-6-17-14-5-4-11(15)8-13(14)12-7-10(12)9-16/h4-5,8,10,12H,2-3,6-7,9,16H2,1H3/t10-,12+/m0/s1. The summed E-state index contributed by atoms with van der Waals surface area (Å²) in [6, 6.07) is 5.91. The number of ether oxygens (including phenoxy) is 1. The molecule has 0 saturated heterocycles. The van der Waals surface area contributed by atoms with Crippen LogP contribution >= 0.6 is 11.6 Å². The van der Waals surface area contributed by atoms with Crippen molar-refractivity contribution in [2.45, 2.75) is 32.1 Å². The predicted molar refractivity (Wildman–Crippen MR) is 71.8 cm³/mol. The quantitative estimate of drug-likeness (QED) is 0.787. The van der Waals surface area contributed by atoms with E-state index in [0.717, 1.165) is 36.8 Å². The molecule has 0 heterocycles. The molecule has 0 unspecified atom stereocenters. The Morgan fingerprint density at radius 2 is 2.29 bits per heavy atom. The Kier molecular flexibility index (Phi) is 4.30. The first-order valence-electron chi connectivity index (χ1n) is 6.38. The Hall–Kier alpha value is -0.730. The topological polar surface area (TPSA) is 35.2 Å². The van der Waals surface area contributed by atoms with Crippen LogP contribution in [0.4, 0.5) is 0 Å². The second-order valence-corrected chi connectivity index (χ2v) is 5.16. The highest BCUT2D eigenvalue weighted by molar-refractivity contribution is 6.30. The zero-order valence-corrected chi connectivity index (χ0v) is 11.0. The molecule has 1 fully saturated rings. The van der Waals surface area contributed by atoms with Gasteiger partial charge in [-0.2, -0.15) is 0 Å². The molecular formula is C14H20ClNO. The first-order valence-corrected chi connectivity index (χ1v) is 6.76. The van der Waals surface area contributed by atoms with Crippen LogP contribution in [0.25, 0.3) is 0 Å². The third-order valence-corrected chi connectivity index (χ3v) is 3.59. The lowest BCUT2D eigenvalue weighted by atomic mass is 10.1. The number of nitrogens with two attached hydrogens (primary N) is 1. The first kappa shape index (κ1) is 12.7. The summed E-state index contributed by atoms with van der Waals surface area (Å²) in [5, 5.41) is 0.783. The summed E-state index contributed by atoms with van der Waals surface area (Å²) in [6.45, 7) is 3.70. The molecule has 17 heavy (non-hydrogen) atoms. The lowest BCUT2D eigenvalue weighted by Crippen LogP contribution is -2.04. The van der Waals surface area contributed by atoms with Gasteiger partial charge in [0.15, 0.2) is 0 Å². The number of benzene rings is 1. The monoisotopic (exact) mass is 253 g/mol. The zero-order valence-electron chi connectivity index (χ0n) is 10.3. The molecule has 94 valence electrons. The minimum absolute atomic E-state index is 0.551. The van der Waals surface area contributed by atoms with Gasteiger partial charge in [0.2, 0.25) is 0 Å². The van der Waals surface area contributed by atoms with E-state index in [1.54, 1.807) is 0 Å². The molecule has 0 spiro atoms. The molecule has 0 radical (unpaired) electrons. The van der Waals surface area contributed by atoms with Crippen LogP contribution < -0.4 is 10.5 Å². The van der Waals surface area contributed by atoms with Crippen LogP contribution in [-0.4, -0.2) is 13.2 Å². The lowest BCUT2D eigenvalue weighted by molar-refractivity contribution is 0.306. The third-order valence-electron chi connectivity index (χ3n) is 3.35. The molecule has 0 amide bonds. The number of halogens is 1. The second-order valence-electron chi connectivity index (χ2n) is 4.72. The van der Waals surface area contributed by atoms with Crippen molar-refractivity contribution >= 4 is 11.6 Å². The van der Waals surface area contributed by atoms with Crippen molar-refractivity contribution in [3.63, 3.8) is 0 Å². The van der Waals surface area contributed by atoms with E-state index in [1.807, 2.05) is 18.2 Å². The molecule has 0 bridgehead atoms. The molecule has 1 aliphatic carbocycles. The van der Waals surface area contributed by atoms with E-state index in [2.05, 4.69) is 6.92 Å². The molecule has 1 aromatic rings. The molecule has 0 aromatic heterocycles. The average Bonchev–Trinajstić information content (AvgIpc) is 3.10. The van der Waals surface area contributed by atoms with Gasteiger partial charge in [0, 0.05) is 5.02 Å². The normalized spacial score (nSPS) is 22.5. The zero-order chi connectivity index (χ0) is 12.3. The molecule has 2 atom stereocenters. The summed E-state index contributed by atoms with van der Waals surface area (Å²) < 4.78 is 5.83. The van der Waals surface area contributed by atoms with Gasteiger partial charge in [-0.25, -0.2) is 0 Å². The van der Waals surface area contributed by atoms with Gasteiger partial charge in [-0.1, -0.05) is 24.9 Å². The Balaban J connectivity index is 2.08. The molecule has 1 saturated carbocycles. The maximum atomic E-state index is 6.05. The Bertz CT molecular complexity index is 380. The summed E-state index contributed by atoms with van der Waals surface area (Å²) in [5.74, 6) is 2.15. The van der Waals surface area contributed by atoms with Gasteiger partial charge in [0.05, 0.1) is 6.61 Å². The van der Waals surface area contributed by atoms with Gasteiger partial charge < -0.3 is 10.5 Å². The third kappa shape index (κ3) is 3.14. The predicted octanol–water partition coefficient (Wildman–Crippen LogP) is 3.58. The average molecular weight is 254 g/mol. The van der Waals surface area contributed by atoms with Crippen molar-refractivity contribution < 1.29 is 4.74 Å². The van der Waals surface area contributed by atoms with Gasteiger partial charge in [-0.05, 0) is 55.0 Å². The molecule has 2 rings (SSSR count). The number of hydrogen-bond acceptors (Lipinski definition) is 2. The van der Waals surface area contributed by atoms with E-state index in [-0.39, 0.29) is 0 Å². The smallest absolute Gasteiger partial charge is 0.122 e. The SMILES string of the molecule is CCCCOc1ccc(Cl)cc1[C@@H]1C[C@H]1CN. The molecular weight excluding hydrogens is 234 g/mol. The summed E-state index contributed by atoms with van der Waals surface area (Å²) >= 11 is 6.05. The highest BCUT2D eigenvalue weighted by Gasteiger charge is 2.38. The fourth-order valence-corrected chi connectivity index (χ4v) is 2.34. The van der Waals surface area contributed by atoms with Crippen molar-refractivity contribution in [1.82, 2.24) is 0 Å². The van der Waals surface area contributed by atoms with Gasteiger partial charge in [0.1, 0.15) is 5.75 Å². The van der Waals surface area contributed by atoms with Crippen molar-refractivity contribution in [3.05, 3.63) is 28.8 Å². The summed E-state index contributed by atoms with van der Waals surface area (Å²) in [5.41, 5.74) is 6.94. The maximum absolute atomic E-state index is 6.05. The van der Waals surface area contributed by atoms with Crippen LogP contribution in [0.1, 0.15) is 37.7 Å². The molecule has 1 aliphatic rings. The summed E-state index contributed by atoms with van der Waals surface area (Å²) in [4.78, 5) is 0. The van der Waals surface area contributed by atoms with Crippen molar-refractivity contribution in [3.8, 4) is 5.75 Å². The van der Waals surface area contributed by atoms with Gasteiger partial charge >= 0.3 is 0 Å². The van der Waals surface area contributed by atoms with Crippen LogP contribution in [0.15, 0.2) is 18.2 Å². The maximum Gasteiger partial charge on any atom is 0.122 e. The van der Waals surface area contributed by atoms with E-state index >= 15 is 0 Å². The van der Waals surface area contributed by atoms with Gasteiger partial charge in [-0.3, -0.25) is 0 Å². The minimum Gasteiger partial charge on any atom is -0.493 e. The van der Waals surface area contributed by atoms with Crippen LogP contribution in [-0.2, 0) is 0 Å². The highest BCUT2D eigenvalue weighted by atomic mass is 35.5. The number of rotatable bonds is 6. The summed E-state index contributed by atoms with van der Waals surface area (Å²) in [6.07, 6.45) is 3.41. The minimum atomic E-state index is 0.551. The van der Waals surface area contributed by atoms with E-state index in [1.165, 1.54) is 12.0 Å². The van der Waals surface area contributed by atoms with Crippen LogP contribution in [0.3, 0.4) is 0 Å².